The molecule has 2 fully saturated rings. The first-order chi connectivity index (χ1) is 23.0. The van der Waals surface area contributed by atoms with E-state index in [4.69, 9.17) is 18.9 Å². The summed E-state index contributed by atoms with van der Waals surface area (Å²) < 4.78 is 50.8. The van der Waals surface area contributed by atoms with Gasteiger partial charge in [-0.3, -0.25) is 14.5 Å². The maximum absolute atomic E-state index is 14.0. The number of morpholine rings is 1. The molecule has 2 aromatic carbocycles. The average Bonchev–Trinajstić information content (AvgIpc) is 3.63. The third kappa shape index (κ3) is 10.4. The minimum atomic E-state index is -4.09. The largest absolute Gasteiger partial charge is 0.493 e. The molecule has 0 aliphatic carbocycles. The Morgan fingerprint density at radius 3 is 2.31 bits per heavy atom. The topological polar surface area (TPSA) is 147 Å². The summed E-state index contributed by atoms with van der Waals surface area (Å²) in [6, 6.07) is 12.8. The van der Waals surface area contributed by atoms with Crippen molar-refractivity contribution in [3.8, 4) is 11.5 Å². The molecule has 2 heterocycles. The van der Waals surface area contributed by atoms with Crippen molar-refractivity contribution >= 4 is 21.8 Å². The Morgan fingerprint density at radius 1 is 0.979 bits per heavy atom. The van der Waals surface area contributed by atoms with Crippen LogP contribution in [-0.2, 0) is 35.5 Å². The fourth-order valence-corrected chi connectivity index (χ4v) is 7.58. The number of amides is 2. The van der Waals surface area contributed by atoms with Gasteiger partial charge >= 0.3 is 0 Å². The number of methoxy groups -OCH3 is 2. The lowest BCUT2D eigenvalue weighted by Crippen LogP contribution is -2.55. The zero-order valence-electron chi connectivity index (χ0n) is 28.4. The van der Waals surface area contributed by atoms with Crippen LogP contribution in [-0.4, -0.2) is 138 Å². The molecule has 4 rings (SSSR count). The number of carbonyl (C=O) groups is 2. The lowest BCUT2D eigenvalue weighted by molar-refractivity contribution is -0.137. The Balaban J connectivity index is 1.54. The summed E-state index contributed by atoms with van der Waals surface area (Å²) in [6.45, 7) is 6.57. The molecule has 13 nitrogen and oxygen atoms in total. The molecular formula is C34H50N4O9S. The summed E-state index contributed by atoms with van der Waals surface area (Å²) in [6.07, 6.45) is -0.308. The quantitative estimate of drug-likeness (QED) is 0.250. The zero-order valence-corrected chi connectivity index (χ0v) is 29.2. The number of carbonyl (C=O) groups excluding carboxylic acids is 2. The Hall–Kier alpha value is -3.27. The summed E-state index contributed by atoms with van der Waals surface area (Å²) in [5.41, 5.74) is 0.864. The van der Waals surface area contributed by atoms with Crippen LogP contribution >= 0.6 is 0 Å². The van der Waals surface area contributed by atoms with Gasteiger partial charge in [0.05, 0.1) is 64.2 Å². The molecule has 0 radical (unpaired) electrons. The highest BCUT2D eigenvalue weighted by molar-refractivity contribution is 7.89. The van der Waals surface area contributed by atoms with Crippen LogP contribution in [0, 0.1) is 5.92 Å². The third-order valence-corrected chi connectivity index (χ3v) is 10.4. The highest BCUT2D eigenvalue weighted by Crippen LogP contribution is 2.31. The van der Waals surface area contributed by atoms with Gasteiger partial charge in [0, 0.05) is 44.9 Å². The van der Waals surface area contributed by atoms with Crippen molar-refractivity contribution < 1.29 is 42.1 Å². The van der Waals surface area contributed by atoms with Crippen molar-refractivity contribution in [2.24, 2.45) is 5.92 Å². The molecule has 14 heteroatoms. The Morgan fingerprint density at radius 2 is 1.69 bits per heavy atom. The fraction of sp³-hybridized carbons (Fsp3) is 0.588. The smallest absolute Gasteiger partial charge is 0.243 e. The van der Waals surface area contributed by atoms with Crippen molar-refractivity contribution in [2.75, 3.05) is 79.9 Å². The highest BCUT2D eigenvalue weighted by Gasteiger charge is 2.34. The van der Waals surface area contributed by atoms with E-state index >= 15 is 0 Å². The number of sulfonamides is 1. The number of benzene rings is 2. The molecule has 0 spiro atoms. The average molecular weight is 691 g/mol. The molecule has 2 N–H and O–H groups in total. The van der Waals surface area contributed by atoms with E-state index < -0.39 is 22.2 Å². The van der Waals surface area contributed by atoms with Crippen molar-refractivity contribution in [3.05, 3.63) is 54.1 Å². The van der Waals surface area contributed by atoms with Gasteiger partial charge in [-0.15, -0.1) is 0 Å². The van der Waals surface area contributed by atoms with Crippen molar-refractivity contribution in [1.29, 1.82) is 0 Å². The van der Waals surface area contributed by atoms with Crippen molar-refractivity contribution in [3.63, 3.8) is 0 Å². The summed E-state index contributed by atoms with van der Waals surface area (Å²) in [4.78, 5) is 30.4. The monoisotopic (exact) mass is 690 g/mol. The van der Waals surface area contributed by atoms with Crippen LogP contribution in [0.3, 0.4) is 0 Å². The molecule has 3 atom stereocenters. The number of hydrogen-bond acceptors (Lipinski definition) is 10. The van der Waals surface area contributed by atoms with E-state index in [2.05, 4.69) is 5.32 Å². The minimum absolute atomic E-state index is 0.00370. The molecule has 48 heavy (non-hydrogen) atoms. The van der Waals surface area contributed by atoms with Gasteiger partial charge in [-0.2, -0.15) is 4.31 Å². The van der Waals surface area contributed by atoms with E-state index in [0.717, 1.165) is 5.56 Å². The van der Waals surface area contributed by atoms with E-state index in [0.29, 0.717) is 51.7 Å². The maximum Gasteiger partial charge on any atom is 0.243 e. The second-order valence-corrected chi connectivity index (χ2v) is 14.5. The second-order valence-electron chi connectivity index (χ2n) is 12.6. The van der Waals surface area contributed by atoms with Gasteiger partial charge in [0.25, 0.3) is 0 Å². The first-order valence-electron chi connectivity index (χ1n) is 16.4. The lowest BCUT2D eigenvalue weighted by atomic mass is 10.0. The first-order valence-corrected chi connectivity index (χ1v) is 17.9. The van der Waals surface area contributed by atoms with E-state index in [-0.39, 0.29) is 67.0 Å². The normalized spacial score (nSPS) is 18.2. The van der Waals surface area contributed by atoms with Crippen LogP contribution < -0.4 is 14.8 Å². The summed E-state index contributed by atoms with van der Waals surface area (Å²) in [7, 11) is -1.19. The van der Waals surface area contributed by atoms with Gasteiger partial charge in [0.15, 0.2) is 11.5 Å². The van der Waals surface area contributed by atoms with Crippen molar-refractivity contribution in [1.82, 2.24) is 19.4 Å². The molecule has 0 saturated carbocycles. The Labute approximate surface area is 284 Å². The molecule has 2 aliphatic heterocycles. The van der Waals surface area contributed by atoms with Crippen LogP contribution in [0.4, 0.5) is 0 Å². The second kappa shape index (κ2) is 17.9. The maximum atomic E-state index is 14.0. The van der Waals surface area contributed by atoms with E-state index in [1.165, 1.54) is 36.7 Å². The Kier molecular flexibility index (Phi) is 14.0. The summed E-state index contributed by atoms with van der Waals surface area (Å²) >= 11 is 0. The zero-order chi connectivity index (χ0) is 34.7. The van der Waals surface area contributed by atoms with Crippen LogP contribution in [0.25, 0.3) is 0 Å². The predicted octanol–water partition coefficient (Wildman–Crippen LogP) is 1.39. The van der Waals surface area contributed by atoms with Gasteiger partial charge in [0.2, 0.25) is 21.8 Å². The van der Waals surface area contributed by atoms with Crippen molar-refractivity contribution in [2.45, 2.75) is 49.8 Å². The predicted molar refractivity (Wildman–Crippen MR) is 179 cm³/mol. The molecule has 0 aromatic heterocycles. The van der Waals surface area contributed by atoms with Crippen LogP contribution in [0.1, 0.15) is 25.8 Å². The number of rotatable bonds is 17. The molecule has 2 saturated heterocycles. The third-order valence-electron chi connectivity index (χ3n) is 8.53. The standard InChI is InChI=1S/C34H50N4O9S/c1-25(2)20-38(48(42,43)28-10-11-31(44-3)32(19-28)45-4)21-30(39)29(18-26-8-6-5-7-9-26)35-33(40)22-37(27-12-15-47-24-27)23-34(41)36-13-16-46-17-14-36/h5-11,19,25,27,29-30,39H,12-18,20-24H2,1-4H3,(H,35,40)/t27-,29+,30-/m1/s1. The van der Waals surface area contributed by atoms with Gasteiger partial charge in [-0.25, -0.2) is 8.42 Å². The molecule has 2 aromatic rings. The van der Waals surface area contributed by atoms with Crippen LogP contribution in [0.15, 0.2) is 53.4 Å². The van der Waals surface area contributed by atoms with E-state index in [9.17, 15) is 23.1 Å². The number of hydrogen-bond donors (Lipinski definition) is 2. The fourth-order valence-electron chi connectivity index (χ4n) is 5.94. The highest BCUT2D eigenvalue weighted by atomic mass is 32.2. The molecule has 2 aliphatic rings. The summed E-state index contributed by atoms with van der Waals surface area (Å²) in [5.74, 6) is 0.142. The van der Waals surface area contributed by atoms with E-state index in [1.54, 1.807) is 4.90 Å². The van der Waals surface area contributed by atoms with Gasteiger partial charge < -0.3 is 34.3 Å². The first kappa shape index (κ1) is 37.5. The van der Waals surface area contributed by atoms with Crippen LogP contribution in [0.5, 0.6) is 11.5 Å². The summed E-state index contributed by atoms with van der Waals surface area (Å²) in [5, 5.41) is 14.7. The molecule has 0 unspecified atom stereocenters. The molecule has 0 bridgehead atoms. The van der Waals surface area contributed by atoms with Gasteiger partial charge in [-0.05, 0) is 36.5 Å². The SMILES string of the molecule is COc1ccc(S(=O)(=O)N(CC(C)C)C[C@@H](O)[C@H](Cc2ccccc2)NC(=O)CN(CC(=O)N2CCOCC2)[C@@H]2CCOC2)cc1OC. The number of ether oxygens (including phenoxy) is 4. The minimum Gasteiger partial charge on any atom is -0.493 e. The Bertz CT molecular complexity index is 1430. The number of aliphatic hydroxyl groups is 1. The number of aliphatic hydroxyl groups excluding tert-OH is 1. The number of nitrogens with one attached hydrogen (secondary N) is 1. The number of nitrogens with zero attached hydrogens (tertiary/aromatic N) is 3. The molecule has 2 amide bonds. The van der Waals surface area contributed by atoms with E-state index in [1.807, 2.05) is 49.1 Å². The molecular weight excluding hydrogens is 640 g/mol. The van der Waals surface area contributed by atoms with Gasteiger partial charge in [-0.1, -0.05) is 44.2 Å². The lowest BCUT2D eigenvalue weighted by Gasteiger charge is -2.33. The molecule has 266 valence electrons. The van der Waals surface area contributed by atoms with Gasteiger partial charge in [0.1, 0.15) is 0 Å². The van der Waals surface area contributed by atoms with Crippen LogP contribution in [0.2, 0.25) is 0 Å².